The van der Waals surface area contributed by atoms with Gasteiger partial charge in [-0.2, -0.15) is 5.26 Å². The second-order valence-corrected chi connectivity index (χ2v) is 4.17. The highest BCUT2D eigenvalue weighted by atomic mass is 16.4. The van der Waals surface area contributed by atoms with Crippen LogP contribution in [0.4, 0.5) is 11.4 Å². The Hall–Kier alpha value is -2.80. The van der Waals surface area contributed by atoms with Crippen LogP contribution in [0.3, 0.4) is 0 Å². The second kappa shape index (κ2) is 5.23. The zero-order chi connectivity index (χ0) is 13.8. The lowest BCUT2D eigenvalue weighted by molar-refractivity contribution is 0.0698. The minimum absolute atomic E-state index is 0.218. The Balaban J connectivity index is 2.34. The first kappa shape index (κ1) is 12.7. The molecular formula is C15H12N2O2. The number of nitrogens with one attached hydrogen (secondary N) is 1. The molecule has 0 aliphatic carbocycles. The summed E-state index contributed by atoms with van der Waals surface area (Å²) in [5.41, 5.74) is 3.04. The van der Waals surface area contributed by atoms with Gasteiger partial charge < -0.3 is 10.4 Å². The van der Waals surface area contributed by atoms with E-state index in [9.17, 15) is 4.79 Å². The SMILES string of the molecule is Cc1ccc(C(=O)O)c(Nc2ccc(C#N)cc2)c1. The minimum atomic E-state index is -0.976. The molecule has 94 valence electrons. The summed E-state index contributed by atoms with van der Waals surface area (Å²) in [6.07, 6.45) is 0. The quantitative estimate of drug-likeness (QED) is 0.878. The fraction of sp³-hybridized carbons (Fsp3) is 0.0667. The summed E-state index contributed by atoms with van der Waals surface area (Å²) < 4.78 is 0. The average molecular weight is 252 g/mol. The van der Waals surface area contributed by atoms with Crippen molar-refractivity contribution >= 4 is 17.3 Å². The van der Waals surface area contributed by atoms with Crippen LogP contribution in [0, 0.1) is 18.3 Å². The van der Waals surface area contributed by atoms with Crippen molar-refractivity contribution in [3.05, 3.63) is 59.2 Å². The average Bonchev–Trinajstić information content (AvgIpc) is 2.39. The standard InChI is InChI=1S/C15H12N2O2/c1-10-2-7-13(15(18)19)14(8-10)17-12-5-3-11(9-16)4-6-12/h2-8,17H,1H3,(H,18,19). The van der Waals surface area contributed by atoms with E-state index < -0.39 is 5.97 Å². The van der Waals surface area contributed by atoms with Gasteiger partial charge in [-0.1, -0.05) is 6.07 Å². The molecule has 0 radical (unpaired) electrons. The molecule has 0 spiro atoms. The Kier molecular flexibility index (Phi) is 3.48. The van der Waals surface area contributed by atoms with E-state index in [1.165, 1.54) is 0 Å². The maximum absolute atomic E-state index is 11.1. The van der Waals surface area contributed by atoms with Gasteiger partial charge in [-0.25, -0.2) is 4.79 Å². The Labute approximate surface area is 110 Å². The highest BCUT2D eigenvalue weighted by Gasteiger charge is 2.10. The van der Waals surface area contributed by atoms with Gasteiger partial charge in [0.15, 0.2) is 0 Å². The first-order valence-corrected chi connectivity index (χ1v) is 5.71. The van der Waals surface area contributed by atoms with Crippen molar-refractivity contribution in [3.63, 3.8) is 0 Å². The fourth-order valence-corrected chi connectivity index (χ4v) is 1.73. The summed E-state index contributed by atoms with van der Waals surface area (Å²) in [6.45, 7) is 1.90. The summed E-state index contributed by atoms with van der Waals surface area (Å²) in [5.74, 6) is -0.976. The van der Waals surface area contributed by atoms with Crippen LogP contribution >= 0.6 is 0 Å². The summed E-state index contributed by atoms with van der Waals surface area (Å²) >= 11 is 0. The Morgan fingerprint density at radius 2 is 1.89 bits per heavy atom. The maximum Gasteiger partial charge on any atom is 0.337 e. The van der Waals surface area contributed by atoms with Crippen molar-refractivity contribution in [2.24, 2.45) is 0 Å². The molecule has 0 saturated carbocycles. The van der Waals surface area contributed by atoms with E-state index >= 15 is 0 Å². The lowest BCUT2D eigenvalue weighted by atomic mass is 10.1. The van der Waals surface area contributed by atoms with E-state index in [1.807, 2.05) is 13.0 Å². The summed E-state index contributed by atoms with van der Waals surface area (Å²) in [6, 6.07) is 14.0. The van der Waals surface area contributed by atoms with Gasteiger partial charge in [0.1, 0.15) is 0 Å². The number of carboxylic acid groups (broad SMARTS) is 1. The van der Waals surface area contributed by atoms with Gasteiger partial charge >= 0.3 is 5.97 Å². The molecular weight excluding hydrogens is 240 g/mol. The van der Waals surface area contributed by atoms with Gasteiger partial charge in [0, 0.05) is 5.69 Å². The number of benzene rings is 2. The fourth-order valence-electron chi connectivity index (χ4n) is 1.73. The van der Waals surface area contributed by atoms with Crippen molar-refractivity contribution < 1.29 is 9.90 Å². The first-order valence-electron chi connectivity index (χ1n) is 5.71. The Bertz CT molecular complexity index is 655. The van der Waals surface area contributed by atoms with Crippen LogP contribution in [0.2, 0.25) is 0 Å². The first-order chi connectivity index (χ1) is 9.10. The number of rotatable bonds is 3. The third kappa shape index (κ3) is 2.90. The van der Waals surface area contributed by atoms with Crippen molar-refractivity contribution in [3.8, 4) is 6.07 Å². The number of nitriles is 1. The summed E-state index contributed by atoms with van der Waals surface area (Å²) in [4.78, 5) is 11.1. The molecule has 0 saturated heterocycles. The van der Waals surface area contributed by atoms with Crippen LogP contribution < -0.4 is 5.32 Å². The molecule has 0 unspecified atom stereocenters. The van der Waals surface area contributed by atoms with Crippen molar-refractivity contribution in [1.82, 2.24) is 0 Å². The third-order valence-corrected chi connectivity index (χ3v) is 2.70. The van der Waals surface area contributed by atoms with Crippen molar-refractivity contribution in [1.29, 1.82) is 5.26 Å². The van der Waals surface area contributed by atoms with Crippen LogP contribution in [0.1, 0.15) is 21.5 Å². The molecule has 0 heterocycles. The number of hydrogen-bond acceptors (Lipinski definition) is 3. The van der Waals surface area contributed by atoms with E-state index in [2.05, 4.69) is 5.32 Å². The molecule has 0 fully saturated rings. The lowest BCUT2D eigenvalue weighted by Gasteiger charge is -2.10. The second-order valence-electron chi connectivity index (χ2n) is 4.17. The number of carbonyl (C=O) groups is 1. The number of nitrogens with zero attached hydrogens (tertiary/aromatic N) is 1. The molecule has 19 heavy (non-hydrogen) atoms. The van der Waals surface area contributed by atoms with E-state index in [4.69, 9.17) is 10.4 Å². The smallest absolute Gasteiger partial charge is 0.337 e. The highest BCUT2D eigenvalue weighted by Crippen LogP contribution is 2.22. The number of aromatic carboxylic acids is 1. The van der Waals surface area contributed by atoms with Gasteiger partial charge in [0.05, 0.1) is 22.9 Å². The van der Waals surface area contributed by atoms with Gasteiger partial charge in [-0.15, -0.1) is 0 Å². The van der Waals surface area contributed by atoms with Crippen LogP contribution in [0.25, 0.3) is 0 Å². The molecule has 0 aliphatic heterocycles. The zero-order valence-electron chi connectivity index (χ0n) is 10.3. The highest BCUT2D eigenvalue weighted by molar-refractivity contribution is 5.95. The summed E-state index contributed by atoms with van der Waals surface area (Å²) in [5, 5.41) is 20.9. The normalized spacial score (nSPS) is 9.68. The van der Waals surface area contributed by atoms with Gasteiger partial charge in [-0.3, -0.25) is 0 Å². The topological polar surface area (TPSA) is 73.1 Å². The van der Waals surface area contributed by atoms with Crippen LogP contribution in [-0.2, 0) is 0 Å². The van der Waals surface area contributed by atoms with E-state index in [-0.39, 0.29) is 5.56 Å². The molecule has 2 rings (SSSR count). The number of aryl methyl sites for hydroxylation is 1. The zero-order valence-corrected chi connectivity index (χ0v) is 10.3. The van der Waals surface area contributed by atoms with Gasteiger partial charge in [0.25, 0.3) is 0 Å². The molecule has 4 nitrogen and oxygen atoms in total. The Morgan fingerprint density at radius 1 is 1.21 bits per heavy atom. The molecule has 2 N–H and O–H groups in total. The molecule has 0 aliphatic rings. The molecule has 2 aromatic carbocycles. The maximum atomic E-state index is 11.1. The molecule has 4 heteroatoms. The summed E-state index contributed by atoms with van der Waals surface area (Å²) in [7, 11) is 0. The number of carboxylic acids is 1. The van der Waals surface area contributed by atoms with E-state index in [1.54, 1.807) is 42.5 Å². The van der Waals surface area contributed by atoms with Crippen LogP contribution in [-0.4, -0.2) is 11.1 Å². The monoisotopic (exact) mass is 252 g/mol. The molecule has 0 bridgehead atoms. The number of anilines is 2. The molecule has 0 aromatic heterocycles. The van der Waals surface area contributed by atoms with Crippen molar-refractivity contribution in [2.45, 2.75) is 6.92 Å². The number of hydrogen-bond donors (Lipinski definition) is 2. The van der Waals surface area contributed by atoms with Crippen molar-refractivity contribution in [2.75, 3.05) is 5.32 Å². The van der Waals surface area contributed by atoms with Gasteiger partial charge in [-0.05, 0) is 48.9 Å². The lowest BCUT2D eigenvalue weighted by Crippen LogP contribution is -2.03. The van der Waals surface area contributed by atoms with E-state index in [0.29, 0.717) is 11.3 Å². The van der Waals surface area contributed by atoms with Crippen LogP contribution in [0.5, 0.6) is 0 Å². The molecule has 0 atom stereocenters. The van der Waals surface area contributed by atoms with Crippen LogP contribution in [0.15, 0.2) is 42.5 Å². The third-order valence-electron chi connectivity index (χ3n) is 2.70. The minimum Gasteiger partial charge on any atom is -0.478 e. The van der Waals surface area contributed by atoms with E-state index in [0.717, 1.165) is 11.3 Å². The predicted octanol–water partition coefficient (Wildman–Crippen LogP) is 3.31. The predicted molar refractivity (Wildman–Crippen MR) is 72.6 cm³/mol. The van der Waals surface area contributed by atoms with Gasteiger partial charge in [0.2, 0.25) is 0 Å². The largest absolute Gasteiger partial charge is 0.478 e. The molecule has 0 amide bonds. The molecule has 2 aromatic rings. The Morgan fingerprint density at radius 3 is 2.47 bits per heavy atom.